The van der Waals surface area contributed by atoms with Crippen molar-refractivity contribution in [2.75, 3.05) is 40.5 Å². The van der Waals surface area contributed by atoms with Crippen molar-refractivity contribution >= 4 is 16.0 Å². The van der Waals surface area contributed by atoms with Crippen LogP contribution in [-0.4, -0.2) is 69.5 Å². The van der Waals surface area contributed by atoms with E-state index >= 15 is 0 Å². The smallest absolute Gasteiger partial charge is 0.309 e. The maximum absolute atomic E-state index is 13.6. The Hall–Kier alpha value is -2.66. The van der Waals surface area contributed by atoms with Crippen LogP contribution in [0.1, 0.15) is 36.9 Å². The van der Waals surface area contributed by atoms with E-state index in [0.29, 0.717) is 37.6 Å². The summed E-state index contributed by atoms with van der Waals surface area (Å²) in [6.07, 6.45) is 0.904. The van der Waals surface area contributed by atoms with E-state index in [4.69, 9.17) is 19.0 Å². The molecule has 0 radical (unpaired) electrons. The fourth-order valence-electron chi connectivity index (χ4n) is 4.79. The van der Waals surface area contributed by atoms with Crippen LogP contribution in [0.15, 0.2) is 48.5 Å². The van der Waals surface area contributed by atoms with Gasteiger partial charge in [0.15, 0.2) is 11.5 Å². The Balaban J connectivity index is 1.49. The molecule has 10 heteroatoms. The maximum Gasteiger partial charge on any atom is 0.309 e. The molecule has 0 N–H and O–H groups in total. The number of benzene rings is 2. The Labute approximate surface area is 212 Å². The lowest BCUT2D eigenvalue weighted by molar-refractivity contribution is -0.149. The molecule has 0 aromatic heterocycles. The number of ether oxygens (including phenoxy) is 3. The minimum atomic E-state index is -3.69. The number of carbonyl (C=O) groups is 1. The van der Waals surface area contributed by atoms with Crippen molar-refractivity contribution in [2.24, 2.45) is 5.92 Å². The van der Waals surface area contributed by atoms with Gasteiger partial charge in [-0.1, -0.05) is 36.4 Å². The van der Waals surface area contributed by atoms with Gasteiger partial charge in [-0.15, -0.1) is 0 Å². The third kappa shape index (κ3) is 5.67. The Kier molecular flexibility index (Phi) is 8.50. The van der Waals surface area contributed by atoms with Gasteiger partial charge in [0.2, 0.25) is 10.0 Å². The molecule has 2 atom stereocenters. The van der Waals surface area contributed by atoms with Crippen LogP contribution in [0.2, 0.25) is 0 Å². The van der Waals surface area contributed by atoms with Crippen molar-refractivity contribution in [1.29, 1.82) is 0 Å². The number of methoxy groups -OCH3 is 1. The highest BCUT2D eigenvalue weighted by Gasteiger charge is 2.47. The second-order valence-corrected chi connectivity index (χ2v) is 11.1. The largest absolute Gasteiger partial charge is 0.493 e. The average molecular weight is 519 g/mol. The van der Waals surface area contributed by atoms with Gasteiger partial charge in [0.05, 0.1) is 32.3 Å². The Morgan fingerprint density at radius 3 is 2.47 bits per heavy atom. The SMILES string of the molecule is CCOC(=O)C1CCN(S(=O)(=O)C2CON(C)C2c2ccc(OCc3ccccc3)c(OC)c2)CC1. The van der Waals surface area contributed by atoms with Crippen molar-refractivity contribution < 1.29 is 32.3 Å². The van der Waals surface area contributed by atoms with Gasteiger partial charge >= 0.3 is 5.97 Å². The lowest BCUT2D eigenvalue weighted by atomic mass is 9.98. The summed E-state index contributed by atoms with van der Waals surface area (Å²) in [5, 5.41) is 0.801. The first-order valence-corrected chi connectivity index (χ1v) is 13.7. The molecular formula is C26H34N2O7S. The van der Waals surface area contributed by atoms with Gasteiger partial charge < -0.3 is 14.2 Å². The maximum atomic E-state index is 13.6. The fraction of sp³-hybridized carbons (Fsp3) is 0.500. The number of hydroxylamine groups is 2. The highest BCUT2D eigenvalue weighted by Crippen LogP contribution is 2.39. The highest BCUT2D eigenvalue weighted by atomic mass is 32.2. The number of esters is 1. The minimum absolute atomic E-state index is 0.0515. The van der Waals surface area contributed by atoms with E-state index in [-0.39, 0.29) is 31.6 Å². The quantitative estimate of drug-likeness (QED) is 0.468. The van der Waals surface area contributed by atoms with Gasteiger partial charge in [0.1, 0.15) is 11.9 Å². The first-order chi connectivity index (χ1) is 17.3. The summed E-state index contributed by atoms with van der Waals surface area (Å²) in [6.45, 7) is 3.11. The summed E-state index contributed by atoms with van der Waals surface area (Å²) in [7, 11) is -0.390. The standard InChI is InChI=1S/C26H34N2O7S/c1-4-33-26(29)20-12-14-28(15-13-20)36(30,31)24-18-35-27(2)25(24)21-10-11-22(23(16-21)32-3)34-17-19-8-6-5-7-9-19/h5-11,16,20,24-25H,4,12-15,17-18H2,1-3H3. The van der Waals surface area contributed by atoms with E-state index in [2.05, 4.69) is 0 Å². The van der Waals surface area contributed by atoms with Crippen LogP contribution in [0.25, 0.3) is 0 Å². The summed E-state index contributed by atoms with van der Waals surface area (Å²) >= 11 is 0. The molecule has 0 spiro atoms. The van der Waals surface area contributed by atoms with Crippen LogP contribution in [-0.2, 0) is 31.0 Å². The van der Waals surface area contributed by atoms with Crippen molar-refractivity contribution in [2.45, 2.75) is 37.7 Å². The molecule has 2 saturated heterocycles. The number of nitrogens with zero attached hydrogens (tertiary/aromatic N) is 2. The Bertz CT molecular complexity index is 1130. The molecular weight excluding hydrogens is 484 g/mol. The van der Waals surface area contributed by atoms with E-state index in [1.165, 1.54) is 4.31 Å². The number of rotatable bonds is 9. The second kappa shape index (κ2) is 11.6. The zero-order valence-corrected chi connectivity index (χ0v) is 21.8. The molecule has 2 aromatic rings. The molecule has 36 heavy (non-hydrogen) atoms. The molecule has 0 bridgehead atoms. The molecule has 196 valence electrons. The molecule has 9 nitrogen and oxygen atoms in total. The molecule has 2 aliphatic heterocycles. The van der Waals surface area contributed by atoms with E-state index < -0.39 is 21.3 Å². The molecule has 0 aliphatic carbocycles. The summed E-state index contributed by atoms with van der Waals surface area (Å²) < 4.78 is 45.4. The highest BCUT2D eigenvalue weighted by molar-refractivity contribution is 7.89. The molecule has 4 rings (SSSR count). The lowest BCUT2D eigenvalue weighted by Gasteiger charge is -2.33. The van der Waals surface area contributed by atoms with E-state index in [0.717, 1.165) is 11.1 Å². The first-order valence-electron chi connectivity index (χ1n) is 12.2. The van der Waals surface area contributed by atoms with Crippen LogP contribution in [0.5, 0.6) is 11.5 Å². The normalized spacial score (nSPS) is 21.9. The van der Waals surface area contributed by atoms with Gasteiger partial charge in [-0.3, -0.25) is 9.63 Å². The van der Waals surface area contributed by atoms with Crippen LogP contribution >= 0.6 is 0 Å². The topological polar surface area (TPSA) is 94.6 Å². The number of carbonyl (C=O) groups excluding carboxylic acids is 1. The van der Waals surface area contributed by atoms with Crippen LogP contribution < -0.4 is 9.47 Å². The van der Waals surface area contributed by atoms with Crippen molar-refractivity contribution in [3.05, 3.63) is 59.7 Å². The predicted molar refractivity (Wildman–Crippen MR) is 134 cm³/mol. The molecule has 2 aromatic carbocycles. The minimum Gasteiger partial charge on any atom is -0.493 e. The van der Waals surface area contributed by atoms with E-state index in [1.807, 2.05) is 42.5 Å². The Morgan fingerprint density at radius 2 is 1.81 bits per heavy atom. The summed E-state index contributed by atoms with van der Waals surface area (Å²) in [4.78, 5) is 17.8. The number of hydrogen-bond acceptors (Lipinski definition) is 8. The Morgan fingerprint density at radius 1 is 1.08 bits per heavy atom. The van der Waals surface area contributed by atoms with Crippen molar-refractivity contribution in [3.8, 4) is 11.5 Å². The average Bonchev–Trinajstić information content (AvgIpc) is 3.30. The van der Waals surface area contributed by atoms with Crippen LogP contribution in [0.3, 0.4) is 0 Å². The molecule has 0 amide bonds. The van der Waals surface area contributed by atoms with Gasteiger partial charge in [-0.2, -0.15) is 5.06 Å². The summed E-state index contributed by atoms with van der Waals surface area (Å²) in [5.74, 6) is 0.586. The van der Waals surface area contributed by atoms with E-state index in [9.17, 15) is 13.2 Å². The predicted octanol–water partition coefficient (Wildman–Crippen LogP) is 3.17. The molecule has 2 unspecified atom stereocenters. The number of piperidine rings is 1. The van der Waals surface area contributed by atoms with Crippen molar-refractivity contribution in [3.63, 3.8) is 0 Å². The second-order valence-electron chi connectivity index (χ2n) is 8.98. The monoisotopic (exact) mass is 518 g/mol. The summed E-state index contributed by atoms with van der Waals surface area (Å²) in [6, 6.07) is 14.8. The van der Waals surface area contributed by atoms with Gasteiger partial charge in [0.25, 0.3) is 0 Å². The third-order valence-corrected chi connectivity index (χ3v) is 9.01. The fourth-order valence-corrected chi connectivity index (χ4v) is 6.78. The number of hydrogen-bond donors (Lipinski definition) is 0. The van der Waals surface area contributed by atoms with Gasteiger partial charge in [-0.05, 0) is 43.0 Å². The summed E-state index contributed by atoms with van der Waals surface area (Å²) in [5.41, 5.74) is 1.79. The van der Waals surface area contributed by atoms with Gasteiger partial charge in [0, 0.05) is 20.1 Å². The lowest BCUT2D eigenvalue weighted by Crippen LogP contribution is -2.46. The molecule has 2 aliphatic rings. The van der Waals surface area contributed by atoms with Crippen molar-refractivity contribution in [1.82, 2.24) is 9.37 Å². The third-order valence-electron chi connectivity index (χ3n) is 6.77. The molecule has 0 saturated carbocycles. The first kappa shape index (κ1) is 26.4. The van der Waals surface area contributed by atoms with Gasteiger partial charge in [-0.25, -0.2) is 12.7 Å². The van der Waals surface area contributed by atoms with Crippen LogP contribution in [0, 0.1) is 5.92 Å². The zero-order chi connectivity index (χ0) is 25.7. The number of sulfonamides is 1. The van der Waals surface area contributed by atoms with Crippen LogP contribution in [0.4, 0.5) is 0 Å². The zero-order valence-electron chi connectivity index (χ0n) is 21.0. The molecule has 2 fully saturated rings. The van der Waals surface area contributed by atoms with E-state index in [1.54, 1.807) is 32.2 Å². The molecule has 2 heterocycles.